The highest BCUT2D eigenvalue weighted by atomic mass is 35.5. The first kappa shape index (κ1) is 22.7. The van der Waals surface area contributed by atoms with Crippen molar-refractivity contribution in [1.29, 1.82) is 0 Å². The minimum Gasteiger partial charge on any atom is -0.373 e. The van der Waals surface area contributed by atoms with Crippen LogP contribution in [0.3, 0.4) is 0 Å². The van der Waals surface area contributed by atoms with Gasteiger partial charge in [0.25, 0.3) is 5.78 Å². The second kappa shape index (κ2) is 8.45. The fourth-order valence-corrected chi connectivity index (χ4v) is 4.79. The van der Waals surface area contributed by atoms with Crippen LogP contribution in [0.15, 0.2) is 66.7 Å². The van der Waals surface area contributed by atoms with E-state index in [1.165, 1.54) is 0 Å². The van der Waals surface area contributed by atoms with E-state index in [-0.39, 0.29) is 0 Å². The quantitative estimate of drug-likeness (QED) is 0.315. The number of aromatic nitrogens is 8. The average molecular weight is 535 g/mol. The molecule has 1 atom stereocenters. The van der Waals surface area contributed by atoms with Crippen LogP contribution < -0.4 is 0 Å². The van der Waals surface area contributed by atoms with E-state index in [1.54, 1.807) is 52.5 Å². The first-order valence-corrected chi connectivity index (χ1v) is 11.9. The molecule has 6 rings (SSSR count). The van der Waals surface area contributed by atoms with Gasteiger partial charge in [-0.1, -0.05) is 58.6 Å². The SMILES string of the molecule is Cn1c(C(O)(c2ccc(Cl)cc2)c2ccc3c(c2)c(-c2cccc(Cl)c2)nc2nnnn23)n[nH]c1=S. The molecule has 0 aliphatic carbocycles. The molecule has 9 nitrogen and oxygen atoms in total. The zero-order chi connectivity index (χ0) is 25.0. The van der Waals surface area contributed by atoms with Crippen LogP contribution in [0.2, 0.25) is 10.0 Å². The molecule has 1 unspecified atom stereocenters. The van der Waals surface area contributed by atoms with E-state index in [1.807, 2.05) is 30.3 Å². The van der Waals surface area contributed by atoms with Crippen molar-refractivity contribution in [3.05, 3.63) is 98.5 Å². The maximum atomic E-state index is 12.4. The normalized spacial score (nSPS) is 13.3. The van der Waals surface area contributed by atoms with Crippen molar-refractivity contribution in [3.63, 3.8) is 0 Å². The third-order valence-corrected chi connectivity index (χ3v) is 6.98. The maximum absolute atomic E-state index is 12.4. The molecule has 0 saturated heterocycles. The highest BCUT2D eigenvalue weighted by molar-refractivity contribution is 7.71. The Kier molecular flexibility index (Phi) is 5.34. The zero-order valence-corrected chi connectivity index (χ0v) is 20.9. The van der Waals surface area contributed by atoms with Crippen LogP contribution in [-0.4, -0.2) is 44.9 Å². The van der Waals surface area contributed by atoms with Crippen molar-refractivity contribution in [2.75, 3.05) is 0 Å². The second-order valence-electron chi connectivity index (χ2n) is 8.22. The highest BCUT2D eigenvalue weighted by Crippen LogP contribution is 2.39. The molecule has 0 saturated carbocycles. The monoisotopic (exact) mass is 534 g/mol. The number of nitrogens with one attached hydrogen (secondary N) is 1. The van der Waals surface area contributed by atoms with Gasteiger partial charge in [-0.3, -0.25) is 5.10 Å². The summed E-state index contributed by atoms with van der Waals surface area (Å²) >= 11 is 17.8. The molecule has 0 radical (unpaired) electrons. The van der Waals surface area contributed by atoms with Crippen molar-refractivity contribution in [2.24, 2.45) is 7.05 Å². The van der Waals surface area contributed by atoms with E-state index < -0.39 is 5.60 Å². The standard InChI is InChI=1S/C24H16Cl2N8OS/c1-33-21(28-30-23(33)36)24(35,14-5-8-16(25)9-6-14)15-7-10-19-18(12-15)20(13-3-2-4-17(26)11-13)27-22-29-31-32-34(19)22/h2-12,35H,1H3,(H,30,36). The summed E-state index contributed by atoms with van der Waals surface area (Å²) in [5, 5.41) is 33.2. The van der Waals surface area contributed by atoms with Gasteiger partial charge >= 0.3 is 0 Å². The summed E-state index contributed by atoms with van der Waals surface area (Å²) < 4.78 is 3.55. The Morgan fingerprint density at radius 2 is 1.75 bits per heavy atom. The summed E-state index contributed by atoms with van der Waals surface area (Å²) in [5.41, 5.74) is 1.52. The lowest BCUT2D eigenvalue weighted by Crippen LogP contribution is -2.32. The van der Waals surface area contributed by atoms with Gasteiger partial charge in [-0.2, -0.15) is 9.61 Å². The Labute approximate surface area is 219 Å². The van der Waals surface area contributed by atoms with Gasteiger partial charge in [-0.25, -0.2) is 4.98 Å². The molecule has 0 amide bonds. The van der Waals surface area contributed by atoms with Crippen LogP contribution in [0, 0.1) is 4.77 Å². The molecule has 12 heteroatoms. The number of fused-ring (bicyclic) bond motifs is 3. The zero-order valence-electron chi connectivity index (χ0n) is 18.6. The van der Waals surface area contributed by atoms with Crippen LogP contribution in [-0.2, 0) is 12.6 Å². The number of aromatic amines is 1. The molecule has 3 aromatic heterocycles. The lowest BCUT2D eigenvalue weighted by Gasteiger charge is -2.28. The van der Waals surface area contributed by atoms with Gasteiger partial charge in [0.2, 0.25) is 0 Å². The summed E-state index contributed by atoms with van der Waals surface area (Å²) in [5.74, 6) is 0.655. The number of nitrogens with zero attached hydrogens (tertiary/aromatic N) is 7. The Bertz CT molecular complexity index is 1830. The summed E-state index contributed by atoms with van der Waals surface area (Å²) in [6, 6.07) is 19.8. The number of aliphatic hydroxyl groups is 1. The summed E-state index contributed by atoms with van der Waals surface area (Å²) in [4.78, 5) is 4.70. The third-order valence-electron chi connectivity index (χ3n) is 6.13. The van der Waals surface area contributed by atoms with Crippen molar-refractivity contribution >= 4 is 52.1 Å². The number of halogens is 2. The molecule has 2 N–H and O–H groups in total. The largest absolute Gasteiger partial charge is 0.373 e. The minimum atomic E-state index is -1.68. The Morgan fingerprint density at radius 1 is 0.972 bits per heavy atom. The van der Waals surface area contributed by atoms with E-state index in [0.29, 0.717) is 54.1 Å². The molecule has 0 aliphatic rings. The smallest absolute Gasteiger partial charge is 0.274 e. The molecule has 0 spiro atoms. The molecule has 178 valence electrons. The van der Waals surface area contributed by atoms with E-state index >= 15 is 0 Å². The summed E-state index contributed by atoms with van der Waals surface area (Å²) in [7, 11) is 1.74. The second-order valence-corrected chi connectivity index (χ2v) is 9.48. The van der Waals surface area contributed by atoms with Crippen molar-refractivity contribution in [1.82, 2.24) is 39.8 Å². The average Bonchev–Trinajstić information content (AvgIpc) is 3.50. The lowest BCUT2D eigenvalue weighted by atomic mass is 9.84. The van der Waals surface area contributed by atoms with Gasteiger partial charge in [0.1, 0.15) is 0 Å². The van der Waals surface area contributed by atoms with Gasteiger partial charge in [-0.15, -0.1) is 0 Å². The predicted molar refractivity (Wildman–Crippen MR) is 138 cm³/mol. The minimum absolute atomic E-state index is 0.315. The molecule has 6 aromatic rings. The van der Waals surface area contributed by atoms with Crippen LogP contribution >= 0.6 is 35.4 Å². The first-order chi connectivity index (χ1) is 17.4. The number of rotatable bonds is 4. The Morgan fingerprint density at radius 3 is 2.47 bits per heavy atom. The molecule has 36 heavy (non-hydrogen) atoms. The van der Waals surface area contributed by atoms with Gasteiger partial charge < -0.3 is 9.67 Å². The maximum Gasteiger partial charge on any atom is 0.274 e. The van der Waals surface area contributed by atoms with Crippen LogP contribution in [0.5, 0.6) is 0 Å². The Balaban J connectivity index is 1.69. The molecular formula is C24H16Cl2N8OS. The number of H-pyrrole nitrogens is 1. The number of benzene rings is 3. The van der Waals surface area contributed by atoms with Gasteiger partial charge in [0.15, 0.2) is 16.2 Å². The van der Waals surface area contributed by atoms with Crippen molar-refractivity contribution in [3.8, 4) is 11.3 Å². The Hall–Kier alpha value is -3.70. The lowest BCUT2D eigenvalue weighted by molar-refractivity contribution is 0.112. The van der Waals surface area contributed by atoms with Crippen LogP contribution in [0.4, 0.5) is 0 Å². The number of hydrogen-bond acceptors (Lipinski definition) is 7. The fourth-order valence-electron chi connectivity index (χ4n) is 4.35. The summed E-state index contributed by atoms with van der Waals surface area (Å²) in [6.07, 6.45) is 0. The fraction of sp³-hybridized carbons (Fsp3) is 0.0833. The molecule has 0 bridgehead atoms. The molecule has 0 aliphatic heterocycles. The van der Waals surface area contributed by atoms with Crippen LogP contribution in [0.25, 0.3) is 27.9 Å². The highest BCUT2D eigenvalue weighted by Gasteiger charge is 2.39. The van der Waals surface area contributed by atoms with Gasteiger partial charge in [0.05, 0.1) is 11.2 Å². The van der Waals surface area contributed by atoms with E-state index in [0.717, 1.165) is 5.56 Å². The van der Waals surface area contributed by atoms with Crippen molar-refractivity contribution in [2.45, 2.75) is 5.60 Å². The van der Waals surface area contributed by atoms with E-state index in [2.05, 4.69) is 25.7 Å². The first-order valence-electron chi connectivity index (χ1n) is 10.7. The predicted octanol–water partition coefficient (Wildman–Crippen LogP) is 4.72. The van der Waals surface area contributed by atoms with Crippen molar-refractivity contribution < 1.29 is 5.11 Å². The van der Waals surface area contributed by atoms with E-state index in [4.69, 9.17) is 40.4 Å². The van der Waals surface area contributed by atoms with Gasteiger partial charge in [0, 0.05) is 28.0 Å². The van der Waals surface area contributed by atoms with Crippen LogP contribution in [0.1, 0.15) is 17.0 Å². The third kappa shape index (κ3) is 3.49. The molecule has 0 fully saturated rings. The number of tetrazole rings is 1. The molecular weight excluding hydrogens is 519 g/mol. The molecule has 3 aromatic carbocycles. The van der Waals surface area contributed by atoms with Gasteiger partial charge in [-0.05, 0) is 70.2 Å². The molecule has 3 heterocycles. The summed E-state index contributed by atoms with van der Waals surface area (Å²) in [6.45, 7) is 0. The van der Waals surface area contributed by atoms with E-state index in [9.17, 15) is 5.11 Å². The number of hydrogen-bond donors (Lipinski definition) is 2. The topological polar surface area (TPSA) is 110 Å².